The van der Waals surface area contributed by atoms with Crippen molar-refractivity contribution in [3.8, 4) is 0 Å². The lowest BCUT2D eigenvalue weighted by Crippen LogP contribution is -2.46. The van der Waals surface area contributed by atoms with Gasteiger partial charge in [0.05, 0.1) is 6.10 Å². The van der Waals surface area contributed by atoms with Gasteiger partial charge >= 0.3 is 6.03 Å². The van der Waals surface area contributed by atoms with Crippen LogP contribution in [0.25, 0.3) is 0 Å². The van der Waals surface area contributed by atoms with Crippen LogP contribution in [0.3, 0.4) is 0 Å². The number of urea groups is 1. The molecule has 0 radical (unpaired) electrons. The monoisotopic (exact) mass is 347 g/mol. The summed E-state index contributed by atoms with van der Waals surface area (Å²) in [5.41, 5.74) is 2.35. The molecule has 1 unspecified atom stereocenters. The third-order valence-electron chi connectivity index (χ3n) is 4.87. The van der Waals surface area contributed by atoms with Crippen LogP contribution in [0.5, 0.6) is 0 Å². The van der Waals surface area contributed by atoms with Gasteiger partial charge in [0.25, 0.3) is 0 Å². The number of rotatable bonds is 6. The summed E-state index contributed by atoms with van der Waals surface area (Å²) in [6, 6.07) is 8.38. The van der Waals surface area contributed by atoms with Crippen LogP contribution >= 0.6 is 0 Å². The number of aliphatic hydroxyl groups is 1. The fourth-order valence-electron chi connectivity index (χ4n) is 3.18. The lowest BCUT2D eigenvalue weighted by atomic mass is 9.99. The summed E-state index contributed by atoms with van der Waals surface area (Å²) in [4.78, 5) is 16.4. The SMILES string of the molecule is CC(O)CN(C(=O)NCc1ccc(N2CCC(C)CC2)cc1)C(C)C. The van der Waals surface area contributed by atoms with E-state index in [4.69, 9.17) is 0 Å². The number of piperidine rings is 1. The number of nitrogens with one attached hydrogen (secondary N) is 1. The Morgan fingerprint density at radius 1 is 1.24 bits per heavy atom. The van der Waals surface area contributed by atoms with E-state index >= 15 is 0 Å². The standard InChI is InChI=1S/C20H33N3O2/c1-15(2)23(14-17(4)24)20(25)21-13-18-5-7-19(8-6-18)22-11-9-16(3)10-12-22/h5-8,15-17,24H,9-14H2,1-4H3,(H,21,25). The van der Waals surface area contributed by atoms with Gasteiger partial charge in [-0.2, -0.15) is 0 Å². The summed E-state index contributed by atoms with van der Waals surface area (Å²) in [6.07, 6.45) is 1.98. The molecular weight excluding hydrogens is 314 g/mol. The molecule has 0 bridgehead atoms. The molecule has 0 saturated carbocycles. The van der Waals surface area contributed by atoms with Crippen molar-refractivity contribution in [1.29, 1.82) is 0 Å². The van der Waals surface area contributed by atoms with Crippen molar-refractivity contribution in [3.63, 3.8) is 0 Å². The molecule has 2 rings (SSSR count). The minimum absolute atomic E-state index is 0.0541. The van der Waals surface area contributed by atoms with Crippen LogP contribution in [0.2, 0.25) is 0 Å². The highest BCUT2D eigenvalue weighted by atomic mass is 16.3. The molecule has 1 aliphatic heterocycles. The predicted octanol–water partition coefficient (Wildman–Crippen LogP) is 3.22. The summed E-state index contributed by atoms with van der Waals surface area (Å²) in [5, 5.41) is 12.5. The maximum atomic E-state index is 12.3. The van der Waals surface area contributed by atoms with Gasteiger partial charge in [-0.1, -0.05) is 19.1 Å². The van der Waals surface area contributed by atoms with E-state index in [1.165, 1.54) is 18.5 Å². The fraction of sp³-hybridized carbons (Fsp3) is 0.650. The summed E-state index contributed by atoms with van der Waals surface area (Å²) in [7, 11) is 0. The molecule has 2 amide bonds. The molecule has 1 aromatic carbocycles. The fourth-order valence-corrected chi connectivity index (χ4v) is 3.18. The molecule has 2 N–H and O–H groups in total. The van der Waals surface area contributed by atoms with Crippen LogP contribution in [0.1, 0.15) is 46.1 Å². The van der Waals surface area contributed by atoms with Crippen molar-refractivity contribution in [2.45, 2.75) is 59.2 Å². The van der Waals surface area contributed by atoms with Gasteiger partial charge in [-0.3, -0.25) is 0 Å². The van der Waals surface area contributed by atoms with E-state index in [9.17, 15) is 9.90 Å². The zero-order valence-electron chi connectivity index (χ0n) is 16.0. The first-order valence-electron chi connectivity index (χ1n) is 9.43. The molecule has 140 valence electrons. The maximum absolute atomic E-state index is 12.3. The number of nitrogens with zero attached hydrogens (tertiary/aromatic N) is 2. The van der Waals surface area contributed by atoms with Crippen LogP contribution in [-0.2, 0) is 6.54 Å². The van der Waals surface area contributed by atoms with Gasteiger partial charge in [0, 0.05) is 37.9 Å². The highest BCUT2D eigenvalue weighted by Crippen LogP contribution is 2.23. The van der Waals surface area contributed by atoms with E-state index in [0.29, 0.717) is 13.1 Å². The molecule has 0 aliphatic carbocycles. The first kappa shape index (κ1) is 19.6. The Hall–Kier alpha value is -1.75. The first-order valence-corrected chi connectivity index (χ1v) is 9.43. The molecule has 1 heterocycles. The van der Waals surface area contributed by atoms with Crippen LogP contribution in [0.15, 0.2) is 24.3 Å². The Kier molecular flexibility index (Phi) is 7.12. The summed E-state index contributed by atoms with van der Waals surface area (Å²) < 4.78 is 0. The second-order valence-electron chi connectivity index (χ2n) is 7.59. The minimum atomic E-state index is -0.528. The van der Waals surface area contributed by atoms with Gasteiger partial charge in [-0.25, -0.2) is 4.79 Å². The highest BCUT2D eigenvalue weighted by Gasteiger charge is 2.18. The molecular formula is C20H33N3O2. The number of anilines is 1. The van der Waals surface area contributed by atoms with Gasteiger partial charge in [-0.05, 0) is 57.2 Å². The van der Waals surface area contributed by atoms with Gasteiger partial charge in [0.1, 0.15) is 0 Å². The van der Waals surface area contributed by atoms with Crippen molar-refractivity contribution in [1.82, 2.24) is 10.2 Å². The predicted molar refractivity (Wildman–Crippen MR) is 103 cm³/mol. The van der Waals surface area contributed by atoms with Gasteiger partial charge in [0.15, 0.2) is 0 Å². The highest BCUT2D eigenvalue weighted by molar-refractivity contribution is 5.74. The molecule has 1 fully saturated rings. The lowest BCUT2D eigenvalue weighted by Gasteiger charge is -2.32. The van der Waals surface area contributed by atoms with Crippen LogP contribution in [0.4, 0.5) is 10.5 Å². The number of benzene rings is 1. The second kappa shape index (κ2) is 9.09. The molecule has 1 aromatic rings. The number of amides is 2. The Morgan fingerprint density at radius 2 is 1.84 bits per heavy atom. The third kappa shape index (κ3) is 5.92. The average molecular weight is 348 g/mol. The third-order valence-corrected chi connectivity index (χ3v) is 4.87. The van der Waals surface area contributed by atoms with Gasteiger partial charge in [0.2, 0.25) is 0 Å². The van der Waals surface area contributed by atoms with E-state index in [1.807, 2.05) is 13.8 Å². The van der Waals surface area contributed by atoms with Crippen LogP contribution in [0, 0.1) is 5.92 Å². The van der Waals surface area contributed by atoms with Crippen molar-refractivity contribution < 1.29 is 9.90 Å². The smallest absolute Gasteiger partial charge is 0.317 e. The average Bonchev–Trinajstić information content (AvgIpc) is 2.58. The second-order valence-corrected chi connectivity index (χ2v) is 7.59. The Labute approximate surface area is 152 Å². The number of carbonyl (C=O) groups is 1. The minimum Gasteiger partial charge on any atom is -0.392 e. The molecule has 25 heavy (non-hydrogen) atoms. The normalized spacial score (nSPS) is 16.8. The summed E-state index contributed by atoms with van der Waals surface area (Å²) >= 11 is 0. The quantitative estimate of drug-likeness (QED) is 0.831. The molecule has 1 saturated heterocycles. The zero-order chi connectivity index (χ0) is 18.4. The van der Waals surface area contributed by atoms with Gasteiger partial charge in [-0.15, -0.1) is 0 Å². The van der Waals surface area contributed by atoms with E-state index in [0.717, 1.165) is 24.6 Å². The van der Waals surface area contributed by atoms with E-state index in [1.54, 1.807) is 11.8 Å². The van der Waals surface area contributed by atoms with Gasteiger partial charge < -0.3 is 20.2 Å². The van der Waals surface area contributed by atoms with Crippen molar-refractivity contribution in [2.24, 2.45) is 5.92 Å². The van der Waals surface area contributed by atoms with E-state index in [-0.39, 0.29) is 12.1 Å². The maximum Gasteiger partial charge on any atom is 0.317 e. The molecule has 1 atom stereocenters. The number of hydrogen-bond donors (Lipinski definition) is 2. The van der Waals surface area contributed by atoms with E-state index < -0.39 is 6.10 Å². The molecule has 5 nitrogen and oxygen atoms in total. The Balaban J connectivity index is 1.87. The summed E-state index contributed by atoms with van der Waals surface area (Å²) in [6.45, 7) is 11.0. The zero-order valence-corrected chi connectivity index (χ0v) is 16.0. The Bertz CT molecular complexity index is 534. The molecule has 0 aromatic heterocycles. The largest absolute Gasteiger partial charge is 0.392 e. The molecule has 0 spiro atoms. The summed E-state index contributed by atoms with van der Waals surface area (Å²) in [5.74, 6) is 0.830. The molecule has 1 aliphatic rings. The number of aliphatic hydroxyl groups excluding tert-OH is 1. The van der Waals surface area contributed by atoms with E-state index in [2.05, 4.69) is 41.4 Å². The topological polar surface area (TPSA) is 55.8 Å². The van der Waals surface area contributed by atoms with Crippen molar-refractivity contribution in [2.75, 3.05) is 24.5 Å². The van der Waals surface area contributed by atoms with Crippen molar-refractivity contribution in [3.05, 3.63) is 29.8 Å². The van der Waals surface area contributed by atoms with Crippen LogP contribution in [-0.4, -0.2) is 47.8 Å². The molecule has 5 heteroatoms. The number of hydrogen-bond acceptors (Lipinski definition) is 3. The first-order chi connectivity index (χ1) is 11.9. The lowest BCUT2D eigenvalue weighted by molar-refractivity contribution is 0.119. The Morgan fingerprint density at radius 3 is 2.36 bits per heavy atom. The van der Waals surface area contributed by atoms with Crippen LogP contribution < -0.4 is 10.2 Å². The van der Waals surface area contributed by atoms with Crippen molar-refractivity contribution >= 4 is 11.7 Å². The number of carbonyl (C=O) groups excluding carboxylic acids is 1.